The second kappa shape index (κ2) is 7.65. The molecule has 0 aliphatic rings. The molecule has 0 aliphatic heterocycles. The highest BCUT2D eigenvalue weighted by Gasteiger charge is 2.23. The van der Waals surface area contributed by atoms with Crippen LogP contribution in [0.25, 0.3) is 0 Å². The zero-order valence-corrected chi connectivity index (χ0v) is 12.6. The predicted molar refractivity (Wildman–Crippen MR) is 79.3 cm³/mol. The first-order valence-corrected chi connectivity index (χ1v) is 6.67. The molecule has 5 nitrogen and oxygen atoms in total. The molecule has 2 amide bonds. The Balaban J connectivity index is 2.70. The summed E-state index contributed by atoms with van der Waals surface area (Å²) in [5, 5.41) is 5.50. The van der Waals surface area contributed by atoms with E-state index in [9.17, 15) is 9.59 Å². The molecule has 5 heteroatoms. The smallest absolute Gasteiger partial charge is 0.242 e. The van der Waals surface area contributed by atoms with E-state index < -0.39 is 0 Å². The predicted octanol–water partition coefficient (Wildman–Crippen LogP) is 0.850. The Morgan fingerprint density at radius 1 is 1.15 bits per heavy atom. The first-order chi connectivity index (χ1) is 9.43. The van der Waals surface area contributed by atoms with Gasteiger partial charge in [0, 0.05) is 20.0 Å². The summed E-state index contributed by atoms with van der Waals surface area (Å²) >= 11 is 0. The molecule has 0 heterocycles. The molecule has 1 rings (SSSR count). The van der Waals surface area contributed by atoms with Gasteiger partial charge in [-0.05, 0) is 32.1 Å². The number of hydrogen-bond acceptors (Lipinski definition) is 3. The van der Waals surface area contributed by atoms with Crippen LogP contribution in [0, 0.1) is 6.92 Å². The third-order valence-corrected chi connectivity index (χ3v) is 3.05. The summed E-state index contributed by atoms with van der Waals surface area (Å²) in [6, 6.07) is 7.53. The van der Waals surface area contributed by atoms with Gasteiger partial charge >= 0.3 is 0 Å². The van der Waals surface area contributed by atoms with Crippen molar-refractivity contribution in [2.75, 3.05) is 27.2 Å². The lowest BCUT2D eigenvalue weighted by Gasteiger charge is -2.25. The molecule has 1 aromatic rings. The minimum absolute atomic E-state index is 0.0605. The number of likely N-dealkylation sites (N-methyl/N-ethyl adjacent to an activating group) is 1. The van der Waals surface area contributed by atoms with E-state index in [2.05, 4.69) is 10.6 Å². The number of aryl methyl sites for hydroxylation is 1. The normalized spacial score (nSPS) is 12.1. The first-order valence-electron chi connectivity index (χ1n) is 6.67. The Bertz CT molecular complexity index is 472. The maximum atomic E-state index is 12.3. The lowest BCUT2D eigenvalue weighted by molar-refractivity contribution is -0.126. The highest BCUT2D eigenvalue weighted by molar-refractivity contribution is 5.83. The molecule has 0 saturated heterocycles. The molecule has 110 valence electrons. The van der Waals surface area contributed by atoms with Crippen molar-refractivity contribution < 1.29 is 9.59 Å². The van der Waals surface area contributed by atoms with Gasteiger partial charge in [-0.1, -0.05) is 24.3 Å². The number of hydrogen-bond donors (Lipinski definition) is 2. The van der Waals surface area contributed by atoms with Gasteiger partial charge in [-0.15, -0.1) is 0 Å². The molecule has 2 N–H and O–H groups in total. The van der Waals surface area contributed by atoms with E-state index in [-0.39, 0.29) is 17.9 Å². The van der Waals surface area contributed by atoms with E-state index in [1.165, 1.54) is 6.92 Å². The Morgan fingerprint density at radius 3 is 2.30 bits per heavy atom. The summed E-state index contributed by atoms with van der Waals surface area (Å²) in [4.78, 5) is 25.0. The average molecular weight is 277 g/mol. The fraction of sp³-hybridized carbons (Fsp3) is 0.467. The number of nitrogens with one attached hydrogen (secondary N) is 2. The second-order valence-electron chi connectivity index (χ2n) is 5.00. The summed E-state index contributed by atoms with van der Waals surface area (Å²) in [5.41, 5.74) is 2.08. The van der Waals surface area contributed by atoms with Crippen LogP contribution in [0.1, 0.15) is 24.1 Å². The number of carbonyl (C=O) groups is 2. The molecular weight excluding hydrogens is 254 g/mol. The van der Waals surface area contributed by atoms with Crippen molar-refractivity contribution in [1.29, 1.82) is 0 Å². The quantitative estimate of drug-likeness (QED) is 0.758. The van der Waals surface area contributed by atoms with Crippen LogP contribution in [-0.2, 0) is 9.59 Å². The molecule has 0 radical (unpaired) electrons. The first kappa shape index (κ1) is 16.2. The van der Waals surface area contributed by atoms with Crippen molar-refractivity contribution in [3.05, 3.63) is 35.4 Å². The van der Waals surface area contributed by atoms with Gasteiger partial charge in [-0.2, -0.15) is 0 Å². The number of rotatable bonds is 6. The Hall–Kier alpha value is -1.88. The molecule has 0 aromatic heterocycles. The molecule has 0 aliphatic carbocycles. The van der Waals surface area contributed by atoms with E-state index in [1.54, 1.807) is 0 Å². The highest BCUT2D eigenvalue weighted by atomic mass is 16.2. The zero-order valence-electron chi connectivity index (χ0n) is 12.6. The SMILES string of the molecule is CC(=O)NCCNC(=O)[C@H](c1ccccc1C)N(C)C. The summed E-state index contributed by atoms with van der Waals surface area (Å²) in [6.45, 7) is 4.32. The van der Waals surface area contributed by atoms with Crippen molar-refractivity contribution in [3.8, 4) is 0 Å². The molecule has 1 atom stereocenters. The number of amides is 2. The number of benzene rings is 1. The topological polar surface area (TPSA) is 61.4 Å². The summed E-state index contributed by atoms with van der Waals surface area (Å²) in [6.07, 6.45) is 0. The summed E-state index contributed by atoms with van der Waals surface area (Å²) in [7, 11) is 3.76. The van der Waals surface area contributed by atoms with Crippen LogP contribution >= 0.6 is 0 Å². The maximum Gasteiger partial charge on any atom is 0.242 e. The van der Waals surface area contributed by atoms with Gasteiger partial charge in [0.1, 0.15) is 6.04 Å². The van der Waals surface area contributed by atoms with Gasteiger partial charge in [-0.3, -0.25) is 14.5 Å². The van der Waals surface area contributed by atoms with E-state index in [0.29, 0.717) is 13.1 Å². The minimum Gasteiger partial charge on any atom is -0.355 e. The monoisotopic (exact) mass is 277 g/mol. The standard InChI is InChI=1S/C15H23N3O2/c1-11-7-5-6-8-13(11)14(18(3)4)15(20)17-10-9-16-12(2)19/h5-8,14H,9-10H2,1-4H3,(H,16,19)(H,17,20)/t14-/m0/s1. The number of nitrogens with zero attached hydrogens (tertiary/aromatic N) is 1. The van der Waals surface area contributed by atoms with Gasteiger partial charge in [0.2, 0.25) is 11.8 Å². The van der Waals surface area contributed by atoms with E-state index in [0.717, 1.165) is 11.1 Å². The van der Waals surface area contributed by atoms with Crippen molar-refractivity contribution in [2.24, 2.45) is 0 Å². The van der Waals surface area contributed by atoms with Crippen LogP contribution in [0.4, 0.5) is 0 Å². The van der Waals surface area contributed by atoms with Crippen LogP contribution < -0.4 is 10.6 Å². The van der Waals surface area contributed by atoms with Crippen molar-refractivity contribution >= 4 is 11.8 Å². The molecule has 0 unspecified atom stereocenters. The fourth-order valence-corrected chi connectivity index (χ4v) is 2.07. The third kappa shape index (κ3) is 4.66. The molecule has 0 fully saturated rings. The van der Waals surface area contributed by atoms with Gasteiger partial charge < -0.3 is 10.6 Å². The van der Waals surface area contributed by atoms with Crippen LogP contribution in [0.2, 0.25) is 0 Å². The van der Waals surface area contributed by atoms with E-state index >= 15 is 0 Å². The molecule has 20 heavy (non-hydrogen) atoms. The number of carbonyl (C=O) groups excluding carboxylic acids is 2. The summed E-state index contributed by atoms with van der Waals surface area (Å²) < 4.78 is 0. The van der Waals surface area contributed by atoms with Gasteiger partial charge in [0.15, 0.2) is 0 Å². The van der Waals surface area contributed by atoms with Gasteiger partial charge in [-0.25, -0.2) is 0 Å². The van der Waals surface area contributed by atoms with Crippen molar-refractivity contribution in [1.82, 2.24) is 15.5 Å². The van der Waals surface area contributed by atoms with Crippen LogP contribution in [0.5, 0.6) is 0 Å². The van der Waals surface area contributed by atoms with Gasteiger partial charge in [0.05, 0.1) is 0 Å². The van der Waals surface area contributed by atoms with Crippen LogP contribution in [0.3, 0.4) is 0 Å². The van der Waals surface area contributed by atoms with E-state index in [1.807, 2.05) is 50.2 Å². The average Bonchev–Trinajstić information content (AvgIpc) is 2.36. The largest absolute Gasteiger partial charge is 0.355 e. The minimum atomic E-state index is -0.325. The lowest BCUT2D eigenvalue weighted by atomic mass is 10.00. The maximum absolute atomic E-state index is 12.3. The van der Waals surface area contributed by atoms with E-state index in [4.69, 9.17) is 0 Å². The molecular formula is C15H23N3O2. The van der Waals surface area contributed by atoms with Crippen LogP contribution in [-0.4, -0.2) is 43.9 Å². The zero-order chi connectivity index (χ0) is 15.1. The third-order valence-electron chi connectivity index (χ3n) is 3.05. The Labute approximate surface area is 120 Å². The summed E-state index contributed by atoms with van der Waals surface area (Å²) in [5.74, 6) is -0.156. The van der Waals surface area contributed by atoms with Crippen molar-refractivity contribution in [3.63, 3.8) is 0 Å². The Kier molecular flexibility index (Phi) is 6.18. The molecule has 0 spiro atoms. The molecule has 0 bridgehead atoms. The second-order valence-corrected chi connectivity index (χ2v) is 5.00. The highest BCUT2D eigenvalue weighted by Crippen LogP contribution is 2.21. The molecule has 0 saturated carbocycles. The molecule has 1 aromatic carbocycles. The lowest BCUT2D eigenvalue weighted by Crippen LogP contribution is -2.40. The Morgan fingerprint density at radius 2 is 1.75 bits per heavy atom. The van der Waals surface area contributed by atoms with Crippen molar-refractivity contribution in [2.45, 2.75) is 19.9 Å². The van der Waals surface area contributed by atoms with Gasteiger partial charge in [0.25, 0.3) is 0 Å². The van der Waals surface area contributed by atoms with Crippen LogP contribution in [0.15, 0.2) is 24.3 Å². The fourth-order valence-electron chi connectivity index (χ4n) is 2.07.